The second-order valence-corrected chi connectivity index (χ2v) is 13.8. The predicted molar refractivity (Wildman–Crippen MR) is 186 cm³/mol. The van der Waals surface area contributed by atoms with Crippen LogP contribution in [0.4, 0.5) is 4.39 Å². The van der Waals surface area contributed by atoms with Gasteiger partial charge in [-0.05, 0) is 91.0 Å². The van der Waals surface area contributed by atoms with Gasteiger partial charge in [0.1, 0.15) is 11.6 Å². The number of nitrogens with two attached hydrogens (primary N) is 1. The van der Waals surface area contributed by atoms with Crippen LogP contribution in [0.2, 0.25) is 10.0 Å². The van der Waals surface area contributed by atoms with Crippen molar-refractivity contribution in [1.29, 1.82) is 0 Å². The number of likely N-dealkylation sites (tertiary alicyclic amines) is 1. The molecule has 2 fully saturated rings. The minimum absolute atomic E-state index is 0. The maximum atomic E-state index is 13.8. The quantitative estimate of drug-likeness (QED) is 0.224. The van der Waals surface area contributed by atoms with E-state index in [0.29, 0.717) is 23.1 Å². The minimum atomic E-state index is -0.485. The SMILES string of the molecule is CCSc1cc(F)ccc1CN1CCN(C(=O)[C@H](N)C2CCN(CCc3cc(Cl)ccc3-c3cccc(O)c3Cl)CC2)CC1.Cl. The third kappa shape index (κ3) is 9.07. The Morgan fingerprint density at radius 2 is 1.71 bits per heavy atom. The molecule has 2 heterocycles. The first kappa shape index (κ1) is 35.8. The van der Waals surface area contributed by atoms with Gasteiger partial charge in [-0.1, -0.05) is 54.4 Å². The van der Waals surface area contributed by atoms with Gasteiger partial charge in [-0.15, -0.1) is 24.2 Å². The van der Waals surface area contributed by atoms with Crippen molar-refractivity contribution in [2.75, 3.05) is 51.6 Å². The molecule has 3 N–H and O–H groups in total. The highest BCUT2D eigenvalue weighted by atomic mass is 35.5. The highest BCUT2D eigenvalue weighted by Gasteiger charge is 2.33. The molecule has 0 spiro atoms. The fourth-order valence-corrected chi connectivity index (χ4v) is 7.55. The molecule has 0 aromatic heterocycles. The Morgan fingerprint density at radius 3 is 2.42 bits per heavy atom. The molecule has 2 saturated heterocycles. The van der Waals surface area contributed by atoms with E-state index in [9.17, 15) is 14.3 Å². The largest absolute Gasteiger partial charge is 0.506 e. The number of piperazine rings is 1. The van der Waals surface area contributed by atoms with Gasteiger partial charge in [0.05, 0.1) is 11.1 Å². The number of phenols is 1. The van der Waals surface area contributed by atoms with Crippen LogP contribution >= 0.6 is 47.4 Å². The van der Waals surface area contributed by atoms with Crippen molar-refractivity contribution >= 4 is 53.3 Å². The molecule has 5 rings (SSSR count). The number of piperidine rings is 1. The summed E-state index contributed by atoms with van der Waals surface area (Å²) in [6.07, 6.45) is 2.56. The second-order valence-electron chi connectivity index (χ2n) is 11.7. The summed E-state index contributed by atoms with van der Waals surface area (Å²) in [7, 11) is 0. The van der Waals surface area contributed by atoms with E-state index in [0.717, 1.165) is 91.4 Å². The van der Waals surface area contributed by atoms with Gasteiger partial charge in [0.2, 0.25) is 5.91 Å². The van der Waals surface area contributed by atoms with Gasteiger partial charge in [-0.25, -0.2) is 4.39 Å². The highest BCUT2D eigenvalue weighted by Crippen LogP contribution is 2.37. The number of rotatable bonds is 10. The van der Waals surface area contributed by atoms with Gasteiger partial charge in [0.25, 0.3) is 0 Å². The highest BCUT2D eigenvalue weighted by molar-refractivity contribution is 7.99. The van der Waals surface area contributed by atoms with Crippen molar-refractivity contribution in [2.24, 2.45) is 11.7 Å². The van der Waals surface area contributed by atoms with E-state index in [1.54, 1.807) is 30.0 Å². The number of amides is 1. The van der Waals surface area contributed by atoms with Crippen molar-refractivity contribution in [3.05, 3.63) is 81.6 Å². The zero-order valence-electron chi connectivity index (χ0n) is 25.6. The molecule has 244 valence electrons. The monoisotopic (exact) mass is 694 g/mol. The number of carbonyl (C=O) groups excluding carboxylic acids is 1. The average Bonchev–Trinajstić information content (AvgIpc) is 3.03. The number of phenolic OH excluding ortho intramolecular Hbond substituents is 1. The lowest BCUT2D eigenvalue weighted by molar-refractivity contribution is -0.136. The lowest BCUT2D eigenvalue weighted by Crippen LogP contribution is -2.55. The molecular formula is C34H42Cl3FN4O2S. The Balaban J connectivity index is 0.00000461. The molecule has 45 heavy (non-hydrogen) atoms. The van der Waals surface area contributed by atoms with E-state index < -0.39 is 6.04 Å². The van der Waals surface area contributed by atoms with Crippen LogP contribution < -0.4 is 5.73 Å². The van der Waals surface area contributed by atoms with Crippen LogP contribution in [0.25, 0.3) is 11.1 Å². The minimum Gasteiger partial charge on any atom is -0.506 e. The maximum absolute atomic E-state index is 13.8. The lowest BCUT2D eigenvalue weighted by Gasteiger charge is -2.39. The number of nitrogens with zero attached hydrogens (tertiary/aromatic N) is 3. The summed E-state index contributed by atoms with van der Waals surface area (Å²) in [6, 6.07) is 15.6. The average molecular weight is 696 g/mol. The van der Waals surface area contributed by atoms with E-state index in [-0.39, 0.29) is 35.8 Å². The van der Waals surface area contributed by atoms with Crippen LogP contribution in [0.15, 0.2) is 59.5 Å². The van der Waals surface area contributed by atoms with Gasteiger partial charge in [-0.3, -0.25) is 9.69 Å². The van der Waals surface area contributed by atoms with Gasteiger partial charge in [-0.2, -0.15) is 0 Å². The number of hydrogen-bond acceptors (Lipinski definition) is 6. The summed E-state index contributed by atoms with van der Waals surface area (Å²) in [5.41, 5.74) is 10.6. The topological polar surface area (TPSA) is 73.0 Å². The molecule has 0 radical (unpaired) electrons. The Morgan fingerprint density at radius 1 is 0.978 bits per heavy atom. The summed E-state index contributed by atoms with van der Waals surface area (Å²) in [5.74, 6) is 0.973. The summed E-state index contributed by atoms with van der Waals surface area (Å²) in [6.45, 7) is 8.34. The van der Waals surface area contributed by atoms with E-state index in [4.69, 9.17) is 28.9 Å². The Labute approximate surface area is 286 Å². The smallest absolute Gasteiger partial charge is 0.239 e. The van der Waals surface area contributed by atoms with Crippen molar-refractivity contribution in [1.82, 2.24) is 14.7 Å². The molecule has 0 unspecified atom stereocenters. The van der Waals surface area contributed by atoms with E-state index >= 15 is 0 Å². The Kier molecular flexibility index (Phi) is 13.3. The summed E-state index contributed by atoms with van der Waals surface area (Å²) >= 11 is 14.4. The first-order chi connectivity index (χ1) is 21.2. The number of hydrogen-bond donors (Lipinski definition) is 2. The Hall–Kier alpha value is -2.04. The molecular weight excluding hydrogens is 654 g/mol. The molecule has 0 aliphatic carbocycles. The molecule has 1 atom stereocenters. The van der Waals surface area contributed by atoms with Crippen LogP contribution in [-0.4, -0.2) is 83.3 Å². The van der Waals surface area contributed by atoms with E-state index in [2.05, 4.69) is 16.7 Å². The van der Waals surface area contributed by atoms with Crippen molar-refractivity contribution in [2.45, 2.75) is 43.7 Å². The molecule has 11 heteroatoms. The molecule has 0 bridgehead atoms. The van der Waals surface area contributed by atoms with Crippen LogP contribution in [0, 0.1) is 11.7 Å². The standard InChI is InChI=1S/C34H41Cl2FN4O2S.ClH/c1-2-44-31-21-27(37)8-6-25(31)22-40-16-18-41(19-17-40)34(43)33(38)23-10-13-39(14-11-23)15-12-24-20-26(35)7-9-28(24)29-4-3-5-30(42)32(29)36;/h3-9,20-21,23,33,42H,2,10-19,22,38H2,1H3;1H/t33-;/m1./s1. The molecule has 0 saturated carbocycles. The summed E-state index contributed by atoms with van der Waals surface area (Å²) in [5, 5.41) is 11.1. The molecule has 1 amide bonds. The van der Waals surface area contributed by atoms with Crippen LogP contribution in [0.5, 0.6) is 5.75 Å². The zero-order valence-corrected chi connectivity index (χ0v) is 28.7. The first-order valence-electron chi connectivity index (χ1n) is 15.4. The second kappa shape index (κ2) is 16.7. The van der Waals surface area contributed by atoms with Gasteiger partial charge >= 0.3 is 0 Å². The third-order valence-corrected chi connectivity index (χ3v) is 10.5. The molecule has 6 nitrogen and oxygen atoms in total. The van der Waals surface area contributed by atoms with Gasteiger partial charge < -0.3 is 20.6 Å². The molecule has 3 aromatic rings. The molecule has 2 aliphatic rings. The Bertz CT molecular complexity index is 1450. The predicted octanol–water partition coefficient (Wildman–Crippen LogP) is 6.97. The molecule has 3 aromatic carbocycles. The fraction of sp³-hybridized carbons (Fsp3) is 0.441. The van der Waals surface area contributed by atoms with Crippen molar-refractivity contribution in [3.63, 3.8) is 0 Å². The van der Waals surface area contributed by atoms with Gasteiger partial charge in [0.15, 0.2) is 0 Å². The first-order valence-corrected chi connectivity index (χ1v) is 17.1. The van der Waals surface area contributed by atoms with E-state index in [1.165, 1.54) is 6.07 Å². The van der Waals surface area contributed by atoms with E-state index in [1.807, 2.05) is 35.2 Å². The zero-order chi connectivity index (χ0) is 31.2. The number of aromatic hydroxyl groups is 1. The van der Waals surface area contributed by atoms with Crippen LogP contribution in [0.3, 0.4) is 0 Å². The maximum Gasteiger partial charge on any atom is 0.239 e. The lowest BCUT2D eigenvalue weighted by atomic mass is 9.88. The van der Waals surface area contributed by atoms with Crippen molar-refractivity contribution in [3.8, 4) is 16.9 Å². The number of thioether (sulfide) groups is 1. The number of benzene rings is 3. The third-order valence-electron chi connectivity index (χ3n) is 8.87. The van der Waals surface area contributed by atoms with Gasteiger partial charge in [0, 0.05) is 54.8 Å². The van der Waals surface area contributed by atoms with Crippen LogP contribution in [0.1, 0.15) is 30.9 Å². The number of halogens is 4. The van der Waals surface area contributed by atoms with Crippen molar-refractivity contribution < 1.29 is 14.3 Å². The molecule has 2 aliphatic heterocycles. The van der Waals surface area contributed by atoms with Crippen LogP contribution in [-0.2, 0) is 17.8 Å². The normalized spacial score (nSPS) is 17.2. The summed E-state index contributed by atoms with van der Waals surface area (Å²) < 4.78 is 13.8. The number of carbonyl (C=O) groups is 1. The summed E-state index contributed by atoms with van der Waals surface area (Å²) in [4.78, 5) is 21.0. The fourth-order valence-electron chi connectivity index (χ4n) is 6.30.